The van der Waals surface area contributed by atoms with Gasteiger partial charge in [0.05, 0.1) is 16.8 Å². The van der Waals surface area contributed by atoms with Crippen molar-refractivity contribution >= 4 is 32.5 Å². The van der Waals surface area contributed by atoms with Crippen LogP contribution < -0.4 is 0 Å². The van der Waals surface area contributed by atoms with Crippen molar-refractivity contribution in [2.24, 2.45) is 0 Å². The van der Waals surface area contributed by atoms with Crippen LogP contribution in [0.4, 0.5) is 4.39 Å². The van der Waals surface area contributed by atoms with Crippen LogP contribution in [0.2, 0.25) is 0 Å². The molecule has 0 fully saturated rings. The second-order valence-electron chi connectivity index (χ2n) is 4.74. The zero-order valence-electron chi connectivity index (χ0n) is 11.1. The van der Waals surface area contributed by atoms with Crippen LogP contribution in [0.5, 0.6) is 0 Å². The number of rotatable bonds is 6. The molecule has 0 aliphatic rings. The highest BCUT2D eigenvalue weighted by molar-refractivity contribution is 7.90. The van der Waals surface area contributed by atoms with E-state index in [2.05, 4.69) is 4.98 Å². The van der Waals surface area contributed by atoms with Crippen LogP contribution in [0.15, 0.2) is 18.2 Å². The van der Waals surface area contributed by atoms with Gasteiger partial charge < -0.3 is 4.57 Å². The predicted molar refractivity (Wildman–Crippen MR) is 78.4 cm³/mol. The molecule has 0 saturated carbocycles. The minimum Gasteiger partial charge on any atom is -0.328 e. The first-order valence-corrected chi connectivity index (χ1v) is 8.88. The molecule has 0 N–H and O–H groups in total. The minimum absolute atomic E-state index is 0.119. The molecule has 7 heteroatoms. The van der Waals surface area contributed by atoms with Crippen LogP contribution in [0.25, 0.3) is 11.0 Å². The number of fused-ring (bicyclic) bond motifs is 1. The second-order valence-corrected chi connectivity index (χ2v) is 7.37. The third-order valence-corrected chi connectivity index (χ3v) is 4.22. The molecule has 0 unspecified atom stereocenters. The Morgan fingerprint density at radius 2 is 2.15 bits per heavy atom. The number of hydrogen-bond donors (Lipinski definition) is 0. The molecule has 0 aliphatic carbocycles. The Labute approximate surface area is 122 Å². The Bertz CT molecular complexity index is 712. The highest BCUT2D eigenvalue weighted by Gasteiger charge is 2.12. The van der Waals surface area contributed by atoms with Crippen molar-refractivity contribution in [3.63, 3.8) is 0 Å². The van der Waals surface area contributed by atoms with Gasteiger partial charge in [-0.15, -0.1) is 11.6 Å². The highest BCUT2D eigenvalue weighted by atomic mass is 35.5. The molecular formula is C13H16ClFN2O2S. The molecule has 0 bridgehead atoms. The number of sulfone groups is 1. The number of halogens is 2. The summed E-state index contributed by atoms with van der Waals surface area (Å²) in [6.07, 6.45) is 2.28. The maximum Gasteiger partial charge on any atom is 0.147 e. The van der Waals surface area contributed by atoms with Gasteiger partial charge in [0, 0.05) is 31.2 Å². The van der Waals surface area contributed by atoms with Crippen LogP contribution in [-0.4, -0.2) is 35.9 Å². The lowest BCUT2D eigenvalue weighted by Gasteiger charge is -2.08. The summed E-state index contributed by atoms with van der Waals surface area (Å²) < 4.78 is 37.5. The van der Waals surface area contributed by atoms with Crippen molar-refractivity contribution < 1.29 is 12.8 Å². The quantitative estimate of drug-likeness (QED) is 0.768. The molecule has 0 atom stereocenters. The minimum atomic E-state index is -2.98. The maximum atomic E-state index is 13.2. The number of aromatic nitrogens is 2. The van der Waals surface area contributed by atoms with Gasteiger partial charge >= 0.3 is 0 Å². The smallest absolute Gasteiger partial charge is 0.147 e. The molecule has 0 spiro atoms. The number of imidazole rings is 1. The molecule has 110 valence electrons. The van der Waals surface area contributed by atoms with E-state index in [-0.39, 0.29) is 11.6 Å². The van der Waals surface area contributed by atoms with E-state index < -0.39 is 9.84 Å². The maximum absolute atomic E-state index is 13.2. The first-order valence-electron chi connectivity index (χ1n) is 6.29. The van der Waals surface area contributed by atoms with Crippen LogP contribution in [-0.2, 0) is 22.8 Å². The van der Waals surface area contributed by atoms with E-state index >= 15 is 0 Å². The zero-order chi connectivity index (χ0) is 14.8. The van der Waals surface area contributed by atoms with E-state index in [1.807, 2.05) is 4.57 Å². The van der Waals surface area contributed by atoms with Crippen molar-refractivity contribution in [2.45, 2.75) is 19.4 Å². The van der Waals surface area contributed by atoms with E-state index in [0.29, 0.717) is 30.8 Å². The molecule has 2 rings (SSSR count). The number of hydrogen-bond acceptors (Lipinski definition) is 3. The largest absolute Gasteiger partial charge is 0.328 e. The summed E-state index contributed by atoms with van der Waals surface area (Å²) in [5, 5.41) is 0. The summed E-state index contributed by atoms with van der Waals surface area (Å²) in [4.78, 5) is 4.37. The fraction of sp³-hybridized carbons (Fsp3) is 0.462. The van der Waals surface area contributed by atoms with Gasteiger partial charge in [-0.2, -0.15) is 0 Å². The lowest BCUT2D eigenvalue weighted by molar-refractivity contribution is 0.590. The summed E-state index contributed by atoms with van der Waals surface area (Å²) in [5.74, 6) is 0.955. The number of nitrogens with zero attached hydrogens (tertiary/aromatic N) is 2. The summed E-state index contributed by atoms with van der Waals surface area (Å²) in [7, 11) is -2.98. The SMILES string of the molecule is CS(=O)(=O)CCCn1c(CCCl)nc2cc(F)ccc21. The molecule has 0 saturated heterocycles. The van der Waals surface area contributed by atoms with Crippen LogP contribution >= 0.6 is 11.6 Å². The highest BCUT2D eigenvalue weighted by Crippen LogP contribution is 2.19. The molecule has 1 aromatic carbocycles. The van der Waals surface area contributed by atoms with Crippen LogP contribution in [0, 0.1) is 5.82 Å². The van der Waals surface area contributed by atoms with E-state index in [4.69, 9.17) is 11.6 Å². The normalized spacial score (nSPS) is 12.2. The molecule has 20 heavy (non-hydrogen) atoms. The van der Waals surface area contributed by atoms with Crippen LogP contribution in [0.1, 0.15) is 12.2 Å². The van der Waals surface area contributed by atoms with Crippen molar-refractivity contribution in [3.05, 3.63) is 29.8 Å². The molecule has 1 heterocycles. The van der Waals surface area contributed by atoms with E-state index in [9.17, 15) is 12.8 Å². The first-order chi connectivity index (χ1) is 9.40. The molecule has 0 aliphatic heterocycles. The van der Waals surface area contributed by atoms with Crippen molar-refractivity contribution in [2.75, 3.05) is 17.9 Å². The Balaban J connectivity index is 2.31. The van der Waals surface area contributed by atoms with Gasteiger partial charge in [-0.05, 0) is 18.6 Å². The van der Waals surface area contributed by atoms with Gasteiger partial charge in [-0.1, -0.05) is 0 Å². The van der Waals surface area contributed by atoms with Crippen molar-refractivity contribution in [3.8, 4) is 0 Å². The topological polar surface area (TPSA) is 52.0 Å². The van der Waals surface area contributed by atoms with Gasteiger partial charge in [-0.3, -0.25) is 0 Å². The number of benzene rings is 1. The standard InChI is InChI=1S/C13H16ClFN2O2S/c1-20(18,19)8-2-7-17-12-4-3-10(15)9-11(12)16-13(17)5-6-14/h3-4,9H,2,5-8H2,1H3. The molecular weight excluding hydrogens is 303 g/mol. The Morgan fingerprint density at radius 3 is 2.80 bits per heavy atom. The average molecular weight is 319 g/mol. The van der Waals surface area contributed by atoms with Crippen molar-refractivity contribution in [1.29, 1.82) is 0 Å². The monoisotopic (exact) mass is 318 g/mol. The van der Waals surface area contributed by atoms with Gasteiger partial charge in [0.1, 0.15) is 21.5 Å². The molecule has 4 nitrogen and oxygen atoms in total. The summed E-state index contributed by atoms with van der Waals surface area (Å²) >= 11 is 5.75. The Hall–Kier alpha value is -1.14. The van der Waals surface area contributed by atoms with E-state index in [0.717, 1.165) is 11.3 Å². The number of alkyl halides is 1. The Kier molecular flexibility index (Phi) is 4.65. The van der Waals surface area contributed by atoms with Gasteiger partial charge in [0.15, 0.2) is 0 Å². The fourth-order valence-corrected chi connectivity index (χ4v) is 2.99. The van der Waals surface area contributed by atoms with Gasteiger partial charge in [0.25, 0.3) is 0 Å². The second kappa shape index (κ2) is 6.10. The first kappa shape index (κ1) is 15.3. The molecule has 0 radical (unpaired) electrons. The number of aryl methyl sites for hydroxylation is 2. The fourth-order valence-electron chi connectivity index (χ4n) is 2.16. The predicted octanol–water partition coefficient (Wildman–Crippen LogP) is 2.39. The summed E-state index contributed by atoms with van der Waals surface area (Å²) in [5.41, 5.74) is 1.38. The summed E-state index contributed by atoms with van der Waals surface area (Å²) in [6.45, 7) is 0.529. The lowest BCUT2D eigenvalue weighted by atomic mass is 10.3. The Morgan fingerprint density at radius 1 is 1.40 bits per heavy atom. The zero-order valence-corrected chi connectivity index (χ0v) is 12.7. The van der Waals surface area contributed by atoms with Gasteiger partial charge in [0.2, 0.25) is 0 Å². The lowest BCUT2D eigenvalue weighted by Crippen LogP contribution is -2.10. The van der Waals surface area contributed by atoms with Crippen molar-refractivity contribution in [1.82, 2.24) is 9.55 Å². The third-order valence-electron chi connectivity index (χ3n) is 3.00. The molecule has 1 aromatic heterocycles. The van der Waals surface area contributed by atoms with Crippen LogP contribution in [0.3, 0.4) is 0 Å². The van der Waals surface area contributed by atoms with E-state index in [1.165, 1.54) is 18.4 Å². The third kappa shape index (κ3) is 3.70. The molecule has 2 aromatic rings. The summed E-state index contributed by atoms with van der Waals surface area (Å²) in [6, 6.07) is 4.41. The van der Waals surface area contributed by atoms with Gasteiger partial charge in [-0.25, -0.2) is 17.8 Å². The molecule has 0 amide bonds. The van der Waals surface area contributed by atoms with E-state index in [1.54, 1.807) is 6.07 Å². The average Bonchev–Trinajstić information content (AvgIpc) is 2.65.